The average molecular weight is 228 g/mol. The Hall–Kier alpha value is -1.22. The highest BCUT2D eigenvalue weighted by Gasteiger charge is 2.08. The number of alkyl halides is 1. The van der Waals surface area contributed by atoms with E-state index in [2.05, 4.69) is 5.32 Å². The first-order chi connectivity index (χ1) is 7.19. The normalized spacial score (nSPS) is 10.0. The Bertz CT molecular complexity index is 352. The van der Waals surface area contributed by atoms with Gasteiger partial charge >= 0.3 is 0 Å². The number of carbonyl (C=O) groups is 1. The number of amides is 1. The molecule has 0 aliphatic carbocycles. The summed E-state index contributed by atoms with van der Waals surface area (Å²) in [5.41, 5.74) is 1.27. The summed E-state index contributed by atoms with van der Waals surface area (Å²) in [6.45, 7) is 1.94. The number of halogens is 1. The number of aryl methyl sites for hydroxylation is 1. The summed E-state index contributed by atoms with van der Waals surface area (Å²) in [5, 5.41) is 12.4. The molecule has 0 heterocycles. The Morgan fingerprint density at radius 2 is 2.27 bits per heavy atom. The fourth-order valence-electron chi connectivity index (χ4n) is 1.28. The van der Waals surface area contributed by atoms with E-state index in [1.54, 1.807) is 12.1 Å². The van der Waals surface area contributed by atoms with Gasteiger partial charge in [-0.15, -0.1) is 11.6 Å². The van der Waals surface area contributed by atoms with Crippen LogP contribution < -0.4 is 5.32 Å². The number of rotatable bonds is 4. The van der Waals surface area contributed by atoms with Crippen molar-refractivity contribution in [2.75, 3.05) is 11.2 Å². The first kappa shape index (κ1) is 11.9. The highest BCUT2D eigenvalue weighted by molar-refractivity contribution is 6.19. The second-order valence-electron chi connectivity index (χ2n) is 3.15. The third-order valence-corrected chi connectivity index (χ3v) is 2.29. The lowest BCUT2D eigenvalue weighted by Gasteiger charge is -2.09. The summed E-state index contributed by atoms with van der Waals surface area (Å²) in [6.07, 6.45) is 0.975. The van der Waals surface area contributed by atoms with Crippen LogP contribution in [0.1, 0.15) is 18.9 Å². The number of hydrogen-bond acceptors (Lipinski definition) is 2. The maximum absolute atomic E-state index is 11.3. The Morgan fingerprint density at radius 3 is 2.87 bits per heavy atom. The number of hydrogen-bond donors (Lipinski definition) is 2. The molecule has 1 amide bonds. The van der Waals surface area contributed by atoms with Gasteiger partial charge in [-0.2, -0.15) is 0 Å². The molecule has 0 aliphatic rings. The van der Waals surface area contributed by atoms with Gasteiger partial charge in [-0.3, -0.25) is 4.79 Å². The SMILES string of the molecule is CCc1cccc(NC(=O)CCCl)c1O. The summed E-state index contributed by atoms with van der Waals surface area (Å²) in [4.78, 5) is 11.3. The van der Waals surface area contributed by atoms with Crippen molar-refractivity contribution in [3.63, 3.8) is 0 Å². The Labute approximate surface area is 94.1 Å². The van der Waals surface area contributed by atoms with E-state index in [0.29, 0.717) is 5.69 Å². The fraction of sp³-hybridized carbons (Fsp3) is 0.364. The van der Waals surface area contributed by atoms with Crippen molar-refractivity contribution in [1.82, 2.24) is 0 Å². The monoisotopic (exact) mass is 227 g/mol. The standard InChI is InChI=1S/C11H14ClNO2/c1-2-8-4-3-5-9(11(8)15)13-10(14)6-7-12/h3-5,15H,2,6-7H2,1H3,(H,13,14). The lowest BCUT2D eigenvalue weighted by molar-refractivity contribution is -0.115. The average Bonchev–Trinajstić information content (AvgIpc) is 2.21. The van der Waals surface area contributed by atoms with Crippen LogP contribution in [0.3, 0.4) is 0 Å². The topological polar surface area (TPSA) is 49.3 Å². The fourth-order valence-corrected chi connectivity index (χ4v) is 1.45. The molecule has 4 heteroatoms. The predicted octanol–water partition coefficient (Wildman–Crippen LogP) is 2.52. The van der Waals surface area contributed by atoms with Crippen LogP contribution in [0, 0.1) is 0 Å². The van der Waals surface area contributed by atoms with Crippen molar-refractivity contribution in [3.05, 3.63) is 23.8 Å². The minimum absolute atomic E-state index is 0.142. The van der Waals surface area contributed by atoms with Gasteiger partial charge in [0.2, 0.25) is 5.91 Å². The van der Waals surface area contributed by atoms with Gasteiger partial charge in [-0.1, -0.05) is 19.1 Å². The lowest BCUT2D eigenvalue weighted by Crippen LogP contribution is -2.12. The van der Waals surface area contributed by atoms with Crippen LogP contribution in [-0.4, -0.2) is 16.9 Å². The molecule has 0 spiro atoms. The molecule has 2 N–H and O–H groups in total. The number of carbonyl (C=O) groups excluding carboxylic acids is 1. The van der Waals surface area contributed by atoms with Crippen molar-refractivity contribution in [2.24, 2.45) is 0 Å². The van der Waals surface area contributed by atoms with Crippen LogP contribution in [0.2, 0.25) is 0 Å². The maximum atomic E-state index is 11.3. The second-order valence-corrected chi connectivity index (χ2v) is 3.53. The largest absolute Gasteiger partial charge is 0.505 e. The number of phenols is 1. The molecule has 0 saturated heterocycles. The number of benzene rings is 1. The smallest absolute Gasteiger partial charge is 0.225 e. The van der Waals surface area contributed by atoms with Crippen LogP contribution in [0.5, 0.6) is 5.75 Å². The maximum Gasteiger partial charge on any atom is 0.225 e. The van der Waals surface area contributed by atoms with Gasteiger partial charge < -0.3 is 10.4 Å². The zero-order chi connectivity index (χ0) is 11.3. The minimum Gasteiger partial charge on any atom is -0.505 e. The van der Waals surface area contributed by atoms with Crippen LogP contribution in [0.25, 0.3) is 0 Å². The number of anilines is 1. The van der Waals surface area contributed by atoms with Crippen molar-refractivity contribution < 1.29 is 9.90 Å². The third kappa shape index (κ3) is 3.13. The summed E-state index contributed by atoms with van der Waals surface area (Å²) in [6, 6.07) is 5.29. The first-order valence-corrected chi connectivity index (χ1v) is 5.39. The van der Waals surface area contributed by atoms with E-state index in [-0.39, 0.29) is 24.0 Å². The second kappa shape index (κ2) is 5.61. The molecule has 82 valence electrons. The van der Waals surface area contributed by atoms with E-state index in [1.807, 2.05) is 13.0 Å². The molecule has 0 fully saturated rings. The van der Waals surface area contributed by atoms with E-state index >= 15 is 0 Å². The summed E-state index contributed by atoms with van der Waals surface area (Å²) in [5.74, 6) is 0.233. The van der Waals surface area contributed by atoms with E-state index in [4.69, 9.17) is 11.6 Å². The van der Waals surface area contributed by atoms with Gasteiger partial charge in [0.25, 0.3) is 0 Å². The number of para-hydroxylation sites is 1. The van der Waals surface area contributed by atoms with E-state index < -0.39 is 0 Å². The van der Waals surface area contributed by atoms with Gasteiger partial charge in [0.1, 0.15) is 5.75 Å². The Balaban J connectivity index is 2.81. The molecule has 0 atom stereocenters. The van der Waals surface area contributed by atoms with Crippen LogP contribution in [0.4, 0.5) is 5.69 Å². The Morgan fingerprint density at radius 1 is 1.53 bits per heavy atom. The summed E-state index contributed by atoms with van der Waals surface area (Å²) < 4.78 is 0. The van der Waals surface area contributed by atoms with Gasteiger partial charge in [0, 0.05) is 12.3 Å². The summed E-state index contributed by atoms with van der Waals surface area (Å²) in [7, 11) is 0. The number of phenolic OH excluding ortho intramolecular Hbond substituents is 1. The van der Waals surface area contributed by atoms with Crippen molar-refractivity contribution in [1.29, 1.82) is 0 Å². The number of aromatic hydroxyl groups is 1. The van der Waals surface area contributed by atoms with E-state index in [0.717, 1.165) is 12.0 Å². The first-order valence-electron chi connectivity index (χ1n) is 4.85. The van der Waals surface area contributed by atoms with Crippen LogP contribution >= 0.6 is 11.6 Å². The molecule has 0 aliphatic heterocycles. The molecule has 1 aromatic carbocycles. The van der Waals surface area contributed by atoms with Crippen LogP contribution in [0.15, 0.2) is 18.2 Å². The lowest BCUT2D eigenvalue weighted by atomic mass is 10.1. The van der Waals surface area contributed by atoms with Crippen LogP contribution in [-0.2, 0) is 11.2 Å². The molecule has 15 heavy (non-hydrogen) atoms. The van der Waals surface area contributed by atoms with Crippen molar-refractivity contribution in [2.45, 2.75) is 19.8 Å². The molecular weight excluding hydrogens is 214 g/mol. The molecule has 0 aromatic heterocycles. The molecule has 1 aromatic rings. The molecular formula is C11H14ClNO2. The predicted molar refractivity (Wildman–Crippen MR) is 61.5 cm³/mol. The highest BCUT2D eigenvalue weighted by atomic mass is 35.5. The Kier molecular flexibility index (Phi) is 4.43. The molecule has 3 nitrogen and oxygen atoms in total. The molecule has 0 radical (unpaired) electrons. The van der Waals surface area contributed by atoms with Crippen molar-refractivity contribution >= 4 is 23.2 Å². The zero-order valence-electron chi connectivity index (χ0n) is 8.59. The van der Waals surface area contributed by atoms with E-state index in [9.17, 15) is 9.90 Å². The van der Waals surface area contributed by atoms with Gasteiger partial charge in [0.05, 0.1) is 5.69 Å². The molecule has 0 saturated carbocycles. The minimum atomic E-state index is -0.187. The summed E-state index contributed by atoms with van der Waals surface area (Å²) >= 11 is 5.44. The highest BCUT2D eigenvalue weighted by Crippen LogP contribution is 2.27. The molecule has 1 rings (SSSR count). The zero-order valence-corrected chi connectivity index (χ0v) is 9.34. The molecule has 0 bridgehead atoms. The number of nitrogens with one attached hydrogen (secondary N) is 1. The quantitative estimate of drug-likeness (QED) is 0.614. The third-order valence-electron chi connectivity index (χ3n) is 2.10. The van der Waals surface area contributed by atoms with Crippen molar-refractivity contribution in [3.8, 4) is 5.75 Å². The van der Waals surface area contributed by atoms with Gasteiger partial charge in [-0.25, -0.2) is 0 Å². The van der Waals surface area contributed by atoms with Gasteiger partial charge in [-0.05, 0) is 18.1 Å². The van der Waals surface area contributed by atoms with Gasteiger partial charge in [0.15, 0.2) is 0 Å². The molecule has 0 unspecified atom stereocenters. The van der Waals surface area contributed by atoms with E-state index in [1.165, 1.54) is 0 Å².